The maximum atomic E-state index is 12.9. The second kappa shape index (κ2) is 7.48. The van der Waals surface area contributed by atoms with Crippen LogP contribution in [0.1, 0.15) is 44.2 Å². The highest BCUT2D eigenvalue weighted by atomic mass is 19.4. The van der Waals surface area contributed by atoms with Crippen molar-refractivity contribution in [2.75, 3.05) is 0 Å². The Balaban J connectivity index is 2.94. The van der Waals surface area contributed by atoms with Crippen LogP contribution in [0.5, 0.6) is 0 Å². The number of carboxylic acid groups (broad SMARTS) is 1. The van der Waals surface area contributed by atoms with Crippen molar-refractivity contribution in [1.82, 2.24) is 5.32 Å². The van der Waals surface area contributed by atoms with E-state index in [0.717, 1.165) is 6.07 Å². The number of hydrogen-bond donors (Lipinski definition) is 2. The molecule has 0 aliphatic heterocycles. The third-order valence-electron chi connectivity index (χ3n) is 3.92. The molecule has 0 aliphatic carbocycles. The third-order valence-corrected chi connectivity index (χ3v) is 3.92. The van der Waals surface area contributed by atoms with Crippen molar-refractivity contribution in [3.63, 3.8) is 0 Å². The molecule has 0 aliphatic rings. The van der Waals surface area contributed by atoms with Gasteiger partial charge in [0.05, 0.1) is 18.4 Å². The summed E-state index contributed by atoms with van der Waals surface area (Å²) < 4.78 is 38.8. The molecule has 0 saturated heterocycles. The van der Waals surface area contributed by atoms with Crippen LogP contribution in [-0.4, -0.2) is 22.5 Å². The van der Waals surface area contributed by atoms with Gasteiger partial charge in [-0.25, -0.2) is 0 Å². The number of nitrogens with one attached hydrogen (secondary N) is 1. The Bertz CT molecular complexity index is 566. The largest absolute Gasteiger partial charge is 0.481 e. The summed E-state index contributed by atoms with van der Waals surface area (Å²) in [7, 11) is 0. The summed E-state index contributed by atoms with van der Waals surface area (Å²) in [5.41, 5.74) is -1.93. The summed E-state index contributed by atoms with van der Waals surface area (Å²) in [6.45, 7) is 3.47. The summed E-state index contributed by atoms with van der Waals surface area (Å²) in [6.07, 6.45) is -4.50. The van der Waals surface area contributed by atoms with Crippen molar-refractivity contribution in [2.45, 2.75) is 51.2 Å². The quantitative estimate of drug-likeness (QED) is 0.805. The Hall–Kier alpha value is -2.05. The van der Waals surface area contributed by atoms with E-state index >= 15 is 0 Å². The van der Waals surface area contributed by atoms with Gasteiger partial charge in [0.15, 0.2) is 0 Å². The summed E-state index contributed by atoms with van der Waals surface area (Å²) in [5.74, 6) is -1.68. The zero-order valence-corrected chi connectivity index (χ0v) is 13.0. The smallest absolute Gasteiger partial charge is 0.416 e. The first-order chi connectivity index (χ1) is 10.6. The van der Waals surface area contributed by atoms with Crippen LogP contribution >= 0.6 is 0 Å². The minimum Gasteiger partial charge on any atom is -0.481 e. The standard InChI is InChI=1S/C16H20F3NO3/c1-3-15(4-2,10-14(22)23)20-13(21)9-11-7-5-6-8-12(11)16(17,18)19/h5-8H,3-4,9-10H2,1-2H3,(H,20,21)(H,22,23). The normalized spacial score (nSPS) is 12.0. The Morgan fingerprint density at radius 3 is 2.17 bits per heavy atom. The number of aliphatic carboxylic acids is 1. The van der Waals surface area contributed by atoms with Crippen LogP contribution in [-0.2, 0) is 22.2 Å². The number of benzene rings is 1. The zero-order valence-electron chi connectivity index (χ0n) is 13.0. The second-order valence-corrected chi connectivity index (χ2v) is 5.44. The molecule has 1 rings (SSSR count). The van der Waals surface area contributed by atoms with Crippen molar-refractivity contribution in [3.05, 3.63) is 35.4 Å². The lowest BCUT2D eigenvalue weighted by Crippen LogP contribution is -2.49. The zero-order chi connectivity index (χ0) is 17.7. The van der Waals surface area contributed by atoms with Gasteiger partial charge in [-0.2, -0.15) is 13.2 Å². The third kappa shape index (κ3) is 5.26. The summed E-state index contributed by atoms with van der Waals surface area (Å²) in [5, 5.41) is 11.6. The van der Waals surface area contributed by atoms with E-state index in [2.05, 4.69) is 5.32 Å². The molecule has 0 unspecified atom stereocenters. The fraction of sp³-hybridized carbons (Fsp3) is 0.500. The van der Waals surface area contributed by atoms with E-state index in [-0.39, 0.29) is 12.0 Å². The number of hydrogen-bond acceptors (Lipinski definition) is 2. The number of halogens is 3. The van der Waals surface area contributed by atoms with Gasteiger partial charge in [0, 0.05) is 5.54 Å². The number of carbonyl (C=O) groups is 2. The summed E-state index contributed by atoms with van der Waals surface area (Å²) in [4.78, 5) is 23.1. The van der Waals surface area contributed by atoms with E-state index in [1.807, 2.05) is 0 Å². The van der Waals surface area contributed by atoms with Gasteiger partial charge in [-0.1, -0.05) is 32.0 Å². The van der Waals surface area contributed by atoms with Gasteiger partial charge >= 0.3 is 12.1 Å². The molecule has 128 valence electrons. The van der Waals surface area contributed by atoms with Gasteiger partial charge in [0.2, 0.25) is 5.91 Å². The molecule has 1 aromatic carbocycles. The lowest BCUT2D eigenvalue weighted by atomic mass is 9.88. The van der Waals surface area contributed by atoms with Gasteiger partial charge in [-0.05, 0) is 24.5 Å². The molecule has 23 heavy (non-hydrogen) atoms. The van der Waals surface area contributed by atoms with Crippen LogP contribution < -0.4 is 5.32 Å². The summed E-state index contributed by atoms with van der Waals surface area (Å²) in [6, 6.07) is 4.87. The van der Waals surface area contributed by atoms with Gasteiger partial charge in [-0.3, -0.25) is 9.59 Å². The predicted molar refractivity (Wildman–Crippen MR) is 78.9 cm³/mol. The van der Waals surface area contributed by atoms with E-state index in [9.17, 15) is 22.8 Å². The molecule has 7 heteroatoms. The molecule has 0 radical (unpaired) electrons. The molecule has 0 fully saturated rings. The molecule has 2 N–H and O–H groups in total. The molecule has 0 saturated carbocycles. The van der Waals surface area contributed by atoms with E-state index in [4.69, 9.17) is 5.11 Å². The van der Waals surface area contributed by atoms with Crippen LogP contribution in [0.4, 0.5) is 13.2 Å². The predicted octanol–water partition coefficient (Wildman–Crippen LogP) is 3.40. The maximum absolute atomic E-state index is 12.9. The van der Waals surface area contributed by atoms with Gasteiger partial charge in [0.1, 0.15) is 0 Å². The molecule has 1 amide bonds. The topological polar surface area (TPSA) is 66.4 Å². The van der Waals surface area contributed by atoms with Gasteiger partial charge < -0.3 is 10.4 Å². The number of alkyl halides is 3. The molecule has 0 bridgehead atoms. The molecule has 1 aromatic rings. The number of carbonyl (C=O) groups excluding carboxylic acids is 1. The van der Waals surface area contributed by atoms with Crippen LogP contribution in [0.3, 0.4) is 0 Å². The highest BCUT2D eigenvalue weighted by Crippen LogP contribution is 2.32. The summed E-state index contributed by atoms with van der Waals surface area (Å²) >= 11 is 0. The molecule has 0 spiro atoms. The Morgan fingerprint density at radius 2 is 1.70 bits per heavy atom. The molecule has 4 nitrogen and oxygen atoms in total. The molecule has 0 aromatic heterocycles. The molecule has 0 heterocycles. The monoisotopic (exact) mass is 331 g/mol. The Morgan fingerprint density at radius 1 is 1.13 bits per heavy atom. The fourth-order valence-electron chi connectivity index (χ4n) is 2.47. The van der Waals surface area contributed by atoms with E-state index in [1.165, 1.54) is 18.2 Å². The van der Waals surface area contributed by atoms with Crippen molar-refractivity contribution in [2.24, 2.45) is 0 Å². The van der Waals surface area contributed by atoms with Gasteiger partial charge in [0.25, 0.3) is 0 Å². The van der Waals surface area contributed by atoms with Crippen molar-refractivity contribution >= 4 is 11.9 Å². The van der Waals surface area contributed by atoms with Crippen LogP contribution in [0.2, 0.25) is 0 Å². The molecular formula is C16H20F3NO3. The van der Waals surface area contributed by atoms with Crippen LogP contribution in [0.15, 0.2) is 24.3 Å². The van der Waals surface area contributed by atoms with E-state index < -0.39 is 35.6 Å². The SMILES string of the molecule is CCC(CC)(CC(=O)O)NC(=O)Cc1ccccc1C(F)(F)F. The Kier molecular flexibility index (Phi) is 6.18. The average Bonchev–Trinajstić information content (AvgIpc) is 2.45. The highest BCUT2D eigenvalue weighted by Gasteiger charge is 2.35. The van der Waals surface area contributed by atoms with Crippen molar-refractivity contribution < 1.29 is 27.9 Å². The van der Waals surface area contributed by atoms with E-state index in [0.29, 0.717) is 12.8 Å². The number of amides is 1. The van der Waals surface area contributed by atoms with Crippen molar-refractivity contribution in [1.29, 1.82) is 0 Å². The first-order valence-electron chi connectivity index (χ1n) is 7.31. The van der Waals surface area contributed by atoms with Crippen molar-refractivity contribution in [3.8, 4) is 0 Å². The second-order valence-electron chi connectivity index (χ2n) is 5.44. The lowest BCUT2D eigenvalue weighted by Gasteiger charge is -2.31. The minimum atomic E-state index is -4.54. The van der Waals surface area contributed by atoms with Gasteiger partial charge in [-0.15, -0.1) is 0 Å². The molecular weight excluding hydrogens is 311 g/mol. The first-order valence-corrected chi connectivity index (χ1v) is 7.31. The molecule has 0 atom stereocenters. The number of rotatable bonds is 7. The average molecular weight is 331 g/mol. The van der Waals surface area contributed by atoms with Crippen LogP contribution in [0, 0.1) is 0 Å². The van der Waals surface area contributed by atoms with E-state index in [1.54, 1.807) is 13.8 Å². The Labute approximate surface area is 132 Å². The maximum Gasteiger partial charge on any atom is 0.416 e. The lowest BCUT2D eigenvalue weighted by molar-refractivity contribution is -0.139. The fourth-order valence-corrected chi connectivity index (χ4v) is 2.47. The van der Waals surface area contributed by atoms with Crippen LogP contribution in [0.25, 0.3) is 0 Å². The highest BCUT2D eigenvalue weighted by molar-refractivity contribution is 5.81. The minimum absolute atomic E-state index is 0.131. The number of carboxylic acids is 1. The first kappa shape index (κ1) is 19.0.